The highest BCUT2D eigenvalue weighted by Crippen LogP contribution is 2.19. The van der Waals surface area contributed by atoms with E-state index in [4.69, 9.17) is 14.2 Å². The van der Waals surface area contributed by atoms with Crippen molar-refractivity contribution < 1.29 is 28.6 Å². The Morgan fingerprint density at radius 3 is 0.783 bits per heavy atom. The molecule has 0 radical (unpaired) electrons. The van der Waals surface area contributed by atoms with Crippen molar-refractivity contribution >= 4 is 17.9 Å². The molecule has 6 nitrogen and oxygen atoms in total. The monoisotopic (exact) mass is 849 g/mol. The lowest BCUT2D eigenvalue weighted by molar-refractivity contribution is -0.167. The maximum absolute atomic E-state index is 12.8. The molecule has 0 aliphatic heterocycles. The van der Waals surface area contributed by atoms with Gasteiger partial charge in [-0.15, -0.1) is 0 Å². The van der Waals surface area contributed by atoms with Gasteiger partial charge in [-0.25, -0.2) is 0 Å². The van der Waals surface area contributed by atoms with Gasteiger partial charge in [0.05, 0.1) is 0 Å². The predicted octanol–water partition coefficient (Wildman–Crippen LogP) is 17.2. The maximum Gasteiger partial charge on any atom is 0.306 e. The summed E-state index contributed by atoms with van der Waals surface area (Å²) in [6.07, 6.45) is 44.9. The Bertz CT molecular complexity index is 885. The minimum atomic E-state index is -0.763. The number of rotatable bonds is 47. The molecule has 0 rings (SSSR count). The highest BCUT2D eigenvalue weighted by Gasteiger charge is 2.19. The topological polar surface area (TPSA) is 78.9 Å². The van der Waals surface area contributed by atoms with Crippen LogP contribution in [0.15, 0.2) is 0 Å². The molecule has 0 spiro atoms. The van der Waals surface area contributed by atoms with Gasteiger partial charge in [0.1, 0.15) is 13.2 Å². The summed E-state index contributed by atoms with van der Waals surface area (Å²) in [6, 6.07) is 0. The number of esters is 3. The van der Waals surface area contributed by atoms with Crippen LogP contribution in [0.5, 0.6) is 0 Å². The molecule has 0 aliphatic carbocycles. The summed E-state index contributed by atoms with van der Waals surface area (Å²) in [5, 5.41) is 0. The van der Waals surface area contributed by atoms with Gasteiger partial charge in [0.15, 0.2) is 6.10 Å². The first kappa shape index (κ1) is 58.4. The van der Waals surface area contributed by atoms with Crippen LogP contribution in [0.3, 0.4) is 0 Å². The van der Waals surface area contributed by atoms with Crippen molar-refractivity contribution in [3.05, 3.63) is 0 Å². The van der Waals surface area contributed by atoms with Crippen molar-refractivity contribution in [1.82, 2.24) is 0 Å². The fourth-order valence-corrected chi connectivity index (χ4v) is 8.02. The third-order valence-electron chi connectivity index (χ3n) is 13.2. The Balaban J connectivity index is 4.35. The third-order valence-corrected chi connectivity index (χ3v) is 13.2. The van der Waals surface area contributed by atoms with Crippen molar-refractivity contribution in [1.29, 1.82) is 0 Å². The molecule has 0 N–H and O–H groups in total. The molecule has 3 unspecified atom stereocenters. The molecule has 0 aromatic heterocycles. The molecule has 356 valence electrons. The summed E-state index contributed by atoms with van der Waals surface area (Å²) >= 11 is 0. The SMILES string of the molecule is CCC(C)CCCCCCCCCCCCC(=O)OCC(COC(=O)CCCCCCCCCCCCC(C)CC)OC(=O)CCCCCCCCCCCCC(C)CC. The standard InChI is InChI=1S/C54H104O6/c1-7-48(4)40-34-28-22-16-10-13-19-25-31-37-43-52(55)58-46-51(60-54(57)45-39-33-27-21-15-12-18-24-30-36-42-50(6)9-3)47-59-53(56)44-38-32-26-20-14-11-17-23-29-35-41-49(5)8-2/h48-51H,7-47H2,1-6H3. The van der Waals surface area contributed by atoms with Crippen molar-refractivity contribution in [3.8, 4) is 0 Å². The fraction of sp³-hybridized carbons (Fsp3) is 0.944. The van der Waals surface area contributed by atoms with Gasteiger partial charge < -0.3 is 14.2 Å². The Morgan fingerprint density at radius 2 is 0.533 bits per heavy atom. The third kappa shape index (κ3) is 43.1. The Kier molecular flexibility index (Phi) is 44.2. The molecule has 3 atom stereocenters. The van der Waals surface area contributed by atoms with E-state index in [-0.39, 0.29) is 31.1 Å². The fourth-order valence-electron chi connectivity index (χ4n) is 8.02. The van der Waals surface area contributed by atoms with Gasteiger partial charge in [-0.3, -0.25) is 14.4 Å². The maximum atomic E-state index is 12.8. The van der Waals surface area contributed by atoms with Crippen molar-refractivity contribution in [2.75, 3.05) is 13.2 Å². The molecule has 0 aromatic rings. The van der Waals surface area contributed by atoms with E-state index in [1.54, 1.807) is 0 Å². The highest BCUT2D eigenvalue weighted by molar-refractivity contribution is 5.71. The summed E-state index contributed by atoms with van der Waals surface area (Å²) < 4.78 is 16.8. The second-order valence-electron chi connectivity index (χ2n) is 19.2. The molecule has 0 aliphatic rings. The number of carbonyl (C=O) groups excluding carboxylic acids is 3. The summed E-state index contributed by atoms with van der Waals surface area (Å²) in [6.45, 7) is 13.8. The number of hydrogen-bond acceptors (Lipinski definition) is 6. The number of carbonyl (C=O) groups is 3. The quantitative estimate of drug-likeness (QED) is 0.0345. The molecular weight excluding hydrogens is 745 g/mol. The van der Waals surface area contributed by atoms with Gasteiger partial charge >= 0.3 is 17.9 Å². The molecule has 60 heavy (non-hydrogen) atoms. The molecule has 6 heteroatoms. The van der Waals surface area contributed by atoms with Crippen molar-refractivity contribution in [2.24, 2.45) is 17.8 Å². The normalized spacial score (nSPS) is 13.5. The Hall–Kier alpha value is -1.59. The minimum Gasteiger partial charge on any atom is -0.462 e. The molecule has 0 heterocycles. The van der Waals surface area contributed by atoms with Crippen LogP contribution in [0, 0.1) is 17.8 Å². The minimum absolute atomic E-state index is 0.0648. The van der Waals surface area contributed by atoms with Crippen LogP contribution < -0.4 is 0 Å². The van der Waals surface area contributed by atoms with Gasteiger partial charge in [-0.2, -0.15) is 0 Å². The van der Waals surface area contributed by atoms with Gasteiger partial charge in [0, 0.05) is 19.3 Å². The van der Waals surface area contributed by atoms with Crippen LogP contribution >= 0.6 is 0 Å². The summed E-state index contributed by atoms with van der Waals surface area (Å²) in [5.74, 6) is 1.76. The van der Waals surface area contributed by atoms with Crippen LogP contribution in [0.1, 0.15) is 292 Å². The van der Waals surface area contributed by atoms with Crippen LogP contribution in [-0.2, 0) is 28.6 Å². The van der Waals surface area contributed by atoms with E-state index >= 15 is 0 Å². The largest absolute Gasteiger partial charge is 0.462 e. The molecule has 0 saturated carbocycles. The van der Waals surface area contributed by atoms with E-state index in [1.807, 2.05) is 0 Å². The summed E-state index contributed by atoms with van der Waals surface area (Å²) in [5.41, 5.74) is 0. The molecule has 0 fully saturated rings. The summed E-state index contributed by atoms with van der Waals surface area (Å²) in [7, 11) is 0. The second kappa shape index (κ2) is 45.4. The van der Waals surface area contributed by atoms with Gasteiger partial charge in [0.25, 0.3) is 0 Å². The second-order valence-corrected chi connectivity index (χ2v) is 19.2. The molecule has 0 aromatic carbocycles. The zero-order valence-corrected chi connectivity index (χ0v) is 41.3. The highest BCUT2D eigenvalue weighted by atomic mass is 16.6. The smallest absolute Gasteiger partial charge is 0.306 e. The first-order chi connectivity index (χ1) is 29.2. The predicted molar refractivity (Wildman–Crippen MR) is 256 cm³/mol. The lowest BCUT2D eigenvalue weighted by Gasteiger charge is -2.18. The van der Waals surface area contributed by atoms with Crippen LogP contribution in [-0.4, -0.2) is 37.2 Å². The summed E-state index contributed by atoms with van der Waals surface area (Å²) in [4.78, 5) is 38.0. The number of ether oxygens (including phenoxy) is 3. The van der Waals surface area contributed by atoms with E-state index in [0.29, 0.717) is 19.3 Å². The number of hydrogen-bond donors (Lipinski definition) is 0. The molecule has 0 saturated heterocycles. The first-order valence-electron chi connectivity index (χ1n) is 26.7. The number of unbranched alkanes of at least 4 members (excludes halogenated alkanes) is 27. The van der Waals surface area contributed by atoms with Crippen LogP contribution in [0.2, 0.25) is 0 Å². The average Bonchev–Trinajstić information content (AvgIpc) is 3.25. The lowest BCUT2D eigenvalue weighted by atomic mass is 9.99. The van der Waals surface area contributed by atoms with E-state index in [2.05, 4.69) is 41.5 Å². The van der Waals surface area contributed by atoms with Crippen molar-refractivity contribution in [2.45, 2.75) is 298 Å². The van der Waals surface area contributed by atoms with Crippen molar-refractivity contribution in [3.63, 3.8) is 0 Å². The molecular formula is C54H104O6. The zero-order valence-electron chi connectivity index (χ0n) is 41.3. The van der Waals surface area contributed by atoms with Crippen LogP contribution in [0.4, 0.5) is 0 Å². The zero-order chi connectivity index (χ0) is 44.2. The van der Waals surface area contributed by atoms with Gasteiger partial charge in [-0.1, -0.05) is 253 Å². The van der Waals surface area contributed by atoms with E-state index < -0.39 is 6.10 Å². The van der Waals surface area contributed by atoms with E-state index in [9.17, 15) is 14.4 Å². The van der Waals surface area contributed by atoms with Gasteiger partial charge in [-0.05, 0) is 37.0 Å². The van der Waals surface area contributed by atoms with Gasteiger partial charge in [0.2, 0.25) is 0 Å². The molecule has 0 amide bonds. The Labute approximate surface area is 374 Å². The average molecular weight is 849 g/mol. The van der Waals surface area contributed by atoms with E-state index in [1.165, 1.54) is 173 Å². The Morgan fingerprint density at radius 1 is 0.317 bits per heavy atom. The van der Waals surface area contributed by atoms with Crippen LogP contribution in [0.25, 0.3) is 0 Å². The first-order valence-corrected chi connectivity index (χ1v) is 26.7. The lowest BCUT2D eigenvalue weighted by Crippen LogP contribution is -2.30. The van der Waals surface area contributed by atoms with E-state index in [0.717, 1.165) is 75.5 Å². The molecule has 0 bridgehead atoms.